The molecule has 0 atom stereocenters. The fourth-order valence-corrected chi connectivity index (χ4v) is 0.764. The molecule has 1 aromatic rings. The van der Waals surface area contributed by atoms with E-state index in [-0.39, 0.29) is 29.4 Å². The second-order valence-electron chi connectivity index (χ2n) is 2.27. The zero-order valence-corrected chi connectivity index (χ0v) is 7.61. The molecule has 14 heavy (non-hydrogen) atoms. The fraction of sp³-hybridized carbons (Fsp3) is 0. The average molecular weight is 219 g/mol. The number of anilines is 1. The van der Waals surface area contributed by atoms with Gasteiger partial charge in [-0.1, -0.05) is 0 Å². The maximum absolute atomic E-state index is 10.5. The summed E-state index contributed by atoms with van der Waals surface area (Å²) in [7, 11) is 0. The largest absolute Gasteiger partial charge is 0.478 e. The van der Waals surface area contributed by atoms with Crippen LogP contribution in [0.3, 0.4) is 0 Å². The van der Waals surface area contributed by atoms with E-state index >= 15 is 0 Å². The Hall–Kier alpha value is -1.82. The zero-order valence-electron chi connectivity index (χ0n) is 6.80. The van der Waals surface area contributed by atoms with Gasteiger partial charge in [-0.2, -0.15) is 0 Å². The van der Waals surface area contributed by atoms with Gasteiger partial charge < -0.3 is 15.9 Å². The number of nitrogens with zero attached hydrogens (tertiary/aromatic N) is 1. The van der Waals surface area contributed by atoms with E-state index in [2.05, 4.69) is 4.98 Å². The third-order valence-electron chi connectivity index (χ3n) is 1.40. The first-order chi connectivity index (χ1) is 6.02. The molecular weight excluding hydrogens is 212 g/mol. The summed E-state index contributed by atoms with van der Waals surface area (Å²) in [6, 6.07) is 0.965. The predicted molar refractivity (Wildman–Crippen MR) is 49.8 cm³/mol. The van der Waals surface area contributed by atoms with Crippen molar-refractivity contribution >= 4 is 30.2 Å². The molecule has 0 aliphatic carbocycles. The number of nitrogens with two attached hydrogens (primary N) is 1. The summed E-state index contributed by atoms with van der Waals surface area (Å²) >= 11 is 0. The molecule has 7 heteroatoms. The number of carbonyl (C=O) groups is 2. The Bertz CT molecular complexity index is 380. The van der Waals surface area contributed by atoms with E-state index < -0.39 is 11.9 Å². The first-order valence-corrected chi connectivity index (χ1v) is 3.24. The van der Waals surface area contributed by atoms with Gasteiger partial charge in [-0.15, -0.1) is 12.4 Å². The van der Waals surface area contributed by atoms with E-state index in [4.69, 9.17) is 15.9 Å². The van der Waals surface area contributed by atoms with Gasteiger partial charge in [0.05, 0.1) is 5.56 Å². The standard InChI is InChI=1S/C7H6N2O4.ClH/c8-5-4(7(12)13)1-3(2-9-5)6(10)11;/h1-2H,(H2,8,9)(H,10,11)(H,12,13);1H. The van der Waals surface area contributed by atoms with Crippen LogP contribution in [-0.4, -0.2) is 27.1 Å². The second-order valence-corrected chi connectivity index (χ2v) is 2.27. The number of carboxylic acids is 2. The summed E-state index contributed by atoms with van der Waals surface area (Å²) in [5, 5.41) is 17.1. The Kier molecular flexibility index (Phi) is 3.85. The monoisotopic (exact) mass is 218 g/mol. The van der Waals surface area contributed by atoms with E-state index in [1.54, 1.807) is 0 Å². The van der Waals surface area contributed by atoms with E-state index in [9.17, 15) is 9.59 Å². The number of rotatable bonds is 2. The molecule has 6 nitrogen and oxygen atoms in total. The third-order valence-corrected chi connectivity index (χ3v) is 1.40. The molecule has 1 heterocycles. The van der Waals surface area contributed by atoms with Crippen LogP contribution in [0.2, 0.25) is 0 Å². The van der Waals surface area contributed by atoms with Gasteiger partial charge in [-0.3, -0.25) is 0 Å². The third kappa shape index (κ3) is 2.33. The Morgan fingerprint density at radius 1 is 1.29 bits per heavy atom. The summed E-state index contributed by atoms with van der Waals surface area (Å²) in [5.41, 5.74) is 4.70. The van der Waals surface area contributed by atoms with Crippen molar-refractivity contribution in [1.82, 2.24) is 4.98 Å². The lowest BCUT2D eigenvalue weighted by atomic mass is 10.2. The number of aromatic carboxylic acids is 2. The molecule has 0 amide bonds. The van der Waals surface area contributed by atoms with E-state index in [0.717, 1.165) is 12.3 Å². The molecule has 0 aliphatic heterocycles. The number of aromatic nitrogens is 1. The molecule has 4 N–H and O–H groups in total. The first kappa shape index (κ1) is 12.2. The molecule has 76 valence electrons. The number of hydrogen-bond acceptors (Lipinski definition) is 4. The Labute approximate surface area is 84.8 Å². The quantitative estimate of drug-likeness (QED) is 0.665. The number of hydrogen-bond donors (Lipinski definition) is 3. The molecule has 0 spiro atoms. The number of halogens is 1. The van der Waals surface area contributed by atoms with Gasteiger partial charge in [0.1, 0.15) is 11.4 Å². The van der Waals surface area contributed by atoms with Crippen LogP contribution in [0.5, 0.6) is 0 Å². The molecular formula is C7H7ClN2O4. The van der Waals surface area contributed by atoms with Crippen LogP contribution in [0.4, 0.5) is 5.82 Å². The zero-order chi connectivity index (χ0) is 10.0. The van der Waals surface area contributed by atoms with Crippen LogP contribution in [0.1, 0.15) is 20.7 Å². The average Bonchev–Trinajstić information content (AvgIpc) is 2.04. The van der Waals surface area contributed by atoms with Gasteiger partial charge in [0.25, 0.3) is 0 Å². The van der Waals surface area contributed by atoms with Crippen LogP contribution < -0.4 is 5.73 Å². The van der Waals surface area contributed by atoms with Gasteiger partial charge in [-0.05, 0) is 6.07 Å². The predicted octanol–water partition coefficient (Wildman–Crippen LogP) is 0.482. The van der Waals surface area contributed by atoms with E-state index in [0.29, 0.717) is 0 Å². The van der Waals surface area contributed by atoms with Crippen LogP contribution >= 0.6 is 12.4 Å². The molecule has 1 aromatic heterocycles. The van der Waals surface area contributed by atoms with Gasteiger partial charge in [0, 0.05) is 6.20 Å². The Morgan fingerprint density at radius 2 is 1.86 bits per heavy atom. The highest BCUT2D eigenvalue weighted by molar-refractivity contribution is 5.96. The fourth-order valence-electron chi connectivity index (χ4n) is 0.764. The lowest BCUT2D eigenvalue weighted by molar-refractivity contribution is 0.0696. The summed E-state index contributed by atoms with van der Waals surface area (Å²) in [6.07, 6.45) is 1.00. The molecule has 0 radical (unpaired) electrons. The van der Waals surface area contributed by atoms with Crippen molar-refractivity contribution in [2.24, 2.45) is 0 Å². The lowest BCUT2D eigenvalue weighted by Gasteiger charge is -1.99. The highest BCUT2D eigenvalue weighted by Gasteiger charge is 2.12. The van der Waals surface area contributed by atoms with Crippen molar-refractivity contribution in [3.05, 3.63) is 23.4 Å². The summed E-state index contributed by atoms with van der Waals surface area (Å²) in [4.78, 5) is 24.3. The highest BCUT2D eigenvalue weighted by atomic mass is 35.5. The Morgan fingerprint density at radius 3 is 2.29 bits per heavy atom. The SMILES string of the molecule is Cl.Nc1ncc(C(=O)O)cc1C(=O)O. The van der Waals surface area contributed by atoms with Crippen LogP contribution in [0.15, 0.2) is 12.3 Å². The summed E-state index contributed by atoms with van der Waals surface area (Å²) in [5.74, 6) is -2.74. The van der Waals surface area contributed by atoms with Crippen LogP contribution in [-0.2, 0) is 0 Å². The number of pyridine rings is 1. The maximum atomic E-state index is 10.5. The minimum atomic E-state index is -1.30. The van der Waals surface area contributed by atoms with Crippen molar-refractivity contribution in [2.45, 2.75) is 0 Å². The minimum Gasteiger partial charge on any atom is -0.478 e. The van der Waals surface area contributed by atoms with Crippen molar-refractivity contribution < 1.29 is 19.8 Å². The van der Waals surface area contributed by atoms with Crippen molar-refractivity contribution in [1.29, 1.82) is 0 Å². The van der Waals surface area contributed by atoms with Gasteiger partial charge in [0.15, 0.2) is 0 Å². The molecule has 0 fully saturated rings. The van der Waals surface area contributed by atoms with Crippen LogP contribution in [0, 0.1) is 0 Å². The minimum absolute atomic E-state index is 0. The van der Waals surface area contributed by atoms with Crippen molar-refractivity contribution in [3.63, 3.8) is 0 Å². The molecule has 0 bridgehead atoms. The van der Waals surface area contributed by atoms with E-state index in [1.165, 1.54) is 0 Å². The molecule has 0 aromatic carbocycles. The van der Waals surface area contributed by atoms with Gasteiger partial charge in [0.2, 0.25) is 0 Å². The molecule has 1 rings (SSSR count). The smallest absolute Gasteiger partial charge is 0.339 e. The van der Waals surface area contributed by atoms with Gasteiger partial charge in [-0.25, -0.2) is 14.6 Å². The second kappa shape index (κ2) is 4.43. The Balaban J connectivity index is 0.00000169. The topological polar surface area (TPSA) is 114 Å². The summed E-state index contributed by atoms with van der Waals surface area (Å²) in [6.45, 7) is 0. The number of nitrogen functional groups attached to an aromatic ring is 1. The van der Waals surface area contributed by atoms with Crippen LogP contribution in [0.25, 0.3) is 0 Å². The molecule has 0 saturated carbocycles. The molecule has 0 aliphatic rings. The van der Waals surface area contributed by atoms with Gasteiger partial charge >= 0.3 is 11.9 Å². The van der Waals surface area contributed by atoms with Crippen molar-refractivity contribution in [3.8, 4) is 0 Å². The normalized spacial score (nSPS) is 8.86. The first-order valence-electron chi connectivity index (χ1n) is 3.24. The molecule has 0 unspecified atom stereocenters. The maximum Gasteiger partial charge on any atom is 0.339 e. The van der Waals surface area contributed by atoms with E-state index in [1.807, 2.05) is 0 Å². The summed E-state index contributed by atoms with van der Waals surface area (Å²) < 4.78 is 0. The lowest BCUT2D eigenvalue weighted by Crippen LogP contribution is -2.07. The highest BCUT2D eigenvalue weighted by Crippen LogP contribution is 2.10. The molecule has 0 saturated heterocycles. The van der Waals surface area contributed by atoms with Crippen molar-refractivity contribution in [2.75, 3.05) is 5.73 Å². The number of carboxylic acid groups (broad SMARTS) is 2.